The summed E-state index contributed by atoms with van der Waals surface area (Å²) in [7, 11) is 0. The van der Waals surface area contributed by atoms with Crippen LogP contribution in [-0.2, 0) is 0 Å². The molecule has 0 saturated carbocycles. The minimum atomic E-state index is -0.700. The molecule has 5 nitrogen and oxygen atoms in total. The van der Waals surface area contributed by atoms with E-state index in [-0.39, 0.29) is 11.4 Å². The summed E-state index contributed by atoms with van der Waals surface area (Å²) in [4.78, 5) is 12.0. The molecule has 4 rings (SSSR count). The fraction of sp³-hybridized carbons (Fsp3) is 0. The Kier molecular flexibility index (Phi) is 5.25. The van der Waals surface area contributed by atoms with Gasteiger partial charge in [0.25, 0.3) is 0 Å². The number of rotatable bonds is 5. The molecule has 4 aromatic rings. The van der Waals surface area contributed by atoms with Crippen molar-refractivity contribution in [3.63, 3.8) is 0 Å². The summed E-state index contributed by atoms with van der Waals surface area (Å²) < 4.78 is 24.1. The Balaban J connectivity index is 1.43. The highest BCUT2D eigenvalue weighted by molar-refractivity contribution is 5.90. The fourth-order valence-electron chi connectivity index (χ4n) is 2.62. The number of para-hydroxylation sites is 1. The van der Waals surface area contributed by atoms with E-state index in [9.17, 15) is 9.18 Å². The van der Waals surface area contributed by atoms with Crippen LogP contribution < -0.4 is 9.47 Å². The van der Waals surface area contributed by atoms with E-state index in [1.807, 2.05) is 54.6 Å². The molecule has 6 heteroatoms. The Labute approximate surface area is 166 Å². The monoisotopic (exact) mass is 386 g/mol. The lowest BCUT2D eigenvalue weighted by atomic mass is 10.1. The van der Waals surface area contributed by atoms with Crippen LogP contribution >= 0.6 is 0 Å². The normalized spacial score (nSPS) is 10.4. The first-order chi connectivity index (χ1) is 14.2. The molecule has 0 saturated heterocycles. The van der Waals surface area contributed by atoms with Gasteiger partial charge in [-0.15, -0.1) is 10.2 Å². The van der Waals surface area contributed by atoms with Crippen molar-refractivity contribution >= 4 is 5.97 Å². The Bertz CT molecular complexity index is 1110. The molecule has 0 atom stereocenters. The molecule has 142 valence electrons. The molecule has 0 unspecified atom stereocenters. The highest BCUT2D eigenvalue weighted by atomic mass is 19.1. The lowest BCUT2D eigenvalue weighted by Crippen LogP contribution is -2.10. The number of hydrogen-bond donors (Lipinski definition) is 0. The highest BCUT2D eigenvalue weighted by Crippen LogP contribution is 2.25. The number of carbonyl (C=O) groups excluding carboxylic acids is 1. The van der Waals surface area contributed by atoms with Crippen LogP contribution in [0.15, 0.2) is 91.0 Å². The number of carbonyl (C=O) groups is 1. The maximum atomic E-state index is 13.2. The van der Waals surface area contributed by atoms with Gasteiger partial charge in [-0.1, -0.05) is 24.3 Å². The van der Waals surface area contributed by atoms with Crippen molar-refractivity contribution in [1.29, 1.82) is 0 Å². The maximum absolute atomic E-state index is 13.2. The van der Waals surface area contributed by atoms with Gasteiger partial charge in [0.1, 0.15) is 17.3 Å². The molecule has 0 bridgehead atoms. The van der Waals surface area contributed by atoms with Gasteiger partial charge in [-0.2, -0.15) is 0 Å². The van der Waals surface area contributed by atoms with E-state index < -0.39 is 11.8 Å². The highest BCUT2D eigenvalue weighted by Gasteiger charge is 2.11. The summed E-state index contributed by atoms with van der Waals surface area (Å²) in [6, 6.07) is 25.4. The molecule has 29 heavy (non-hydrogen) atoms. The molecule has 1 heterocycles. The molecular weight excluding hydrogens is 371 g/mol. The molecule has 1 aromatic heterocycles. The van der Waals surface area contributed by atoms with Crippen LogP contribution in [0.25, 0.3) is 11.3 Å². The van der Waals surface area contributed by atoms with Gasteiger partial charge in [0.05, 0.1) is 11.3 Å². The lowest BCUT2D eigenvalue weighted by molar-refractivity contribution is 0.0725. The zero-order valence-corrected chi connectivity index (χ0v) is 15.2. The van der Waals surface area contributed by atoms with Crippen molar-refractivity contribution in [2.45, 2.75) is 0 Å². The quantitative estimate of drug-likeness (QED) is 0.436. The first-order valence-electron chi connectivity index (χ1n) is 8.82. The standard InChI is InChI=1S/C23H15FN2O3/c24-18-6-4-5-17(15-18)23(27)29-22-14-13-21(25-26-22)16-9-11-20(12-10-16)28-19-7-2-1-3-8-19/h1-15H. The van der Waals surface area contributed by atoms with E-state index >= 15 is 0 Å². The molecule has 0 fully saturated rings. The summed E-state index contributed by atoms with van der Waals surface area (Å²) in [6.45, 7) is 0. The van der Waals surface area contributed by atoms with Crippen LogP contribution in [0.5, 0.6) is 17.4 Å². The molecule has 0 aliphatic rings. The van der Waals surface area contributed by atoms with Gasteiger partial charge in [0, 0.05) is 11.6 Å². The largest absolute Gasteiger partial charge is 0.457 e. The van der Waals surface area contributed by atoms with E-state index in [0.717, 1.165) is 17.4 Å². The third-order valence-electron chi connectivity index (χ3n) is 4.03. The Morgan fingerprint density at radius 3 is 2.21 bits per heavy atom. The van der Waals surface area contributed by atoms with Crippen molar-refractivity contribution < 1.29 is 18.7 Å². The van der Waals surface area contributed by atoms with Gasteiger partial charge in [0.15, 0.2) is 0 Å². The van der Waals surface area contributed by atoms with Crippen molar-refractivity contribution in [2.75, 3.05) is 0 Å². The SMILES string of the molecule is O=C(Oc1ccc(-c2ccc(Oc3ccccc3)cc2)nn1)c1cccc(F)c1. The number of esters is 1. The molecule has 0 spiro atoms. The number of aromatic nitrogens is 2. The van der Waals surface area contributed by atoms with Gasteiger partial charge >= 0.3 is 5.97 Å². The van der Waals surface area contributed by atoms with Gasteiger partial charge in [-0.25, -0.2) is 9.18 Å². The summed E-state index contributed by atoms with van der Waals surface area (Å²) >= 11 is 0. The molecule has 0 N–H and O–H groups in total. The zero-order chi connectivity index (χ0) is 20.1. The topological polar surface area (TPSA) is 61.3 Å². The zero-order valence-electron chi connectivity index (χ0n) is 15.2. The Morgan fingerprint density at radius 1 is 0.759 bits per heavy atom. The third-order valence-corrected chi connectivity index (χ3v) is 4.03. The van der Waals surface area contributed by atoms with Gasteiger partial charge in [0.2, 0.25) is 5.88 Å². The first-order valence-corrected chi connectivity index (χ1v) is 8.82. The van der Waals surface area contributed by atoms with Crippen LogP contribution in [0.4, 0.5) is 4.39 Å². The fourth-order valence-corrected chi connectivity index (χ4v) is 2.62. The second-order valence-corrected chi connectivity index (χ2v) is 6.10. The average Bonchev–Trinajstić information content (AvgIpc) is 2.76. The predicted molar refractivity (Wildman–Crippen MR) is 105 cm³/mol. The average molecular weight is 386 g/mol. The smallest absolute Gasteiger partial charge is 0.345 e. The van der Waals surface area contributed by atoms with Crippen molar-refractivity contribution in [2.24, 2.45) is 0 Å². The maximum Gasteiger partial charge on any atom is 0.345 e. The molecule has 0 amide bonds. The number of hydrogen-bond acceptors (Lipinski definition) is 5. The van der Waals surface area contributed by atoms with E-state index in [1.165, 1.54) is 24.3 Å². The summed E-state index contributed by atoms with van der Waals surface area (Å²) in [5.41, 5.74) is 1.55. The molecule has 0 radical (unpaired) electrons. The Morgan fingerprint density at radius 2 is 1.52 bits per heavy atom. The van der Waals surface area contributed by atoms with E-state index in [4.69, 9.17) is 9.47 Å². The van der Waals surface area contributed by atoms with Gasteiger partial charge in [-0.05, 0) is 60.7 Å². The predicted octanol–water partition coefficient (Wildman–Crippen LogP) is 5.29. The van der Waals surface area contributed by atoms with Crippen molar-refractivity contribution in [1.82, 2.24) is 10.2 Å². The van der Waals surface area contributed by atoms with Gasteiger partial charge in [-0.3, -0.25) is 0 Å². The summed E-state index contributed by atoms with van der Waals surface area (Å²) in [6.07, 6.45) is 0. The van der Waals surface area contributed by atoms with Crippen LogP contribution in [0.3, 0.4) is 0 Å². The third kappa shape index (κ3) is 4.62. The van der Waals surface area contributed by atoms with E-state index in [0.29, 0.717) is 11.4 Å². The molecule has 3 aromatic carbocycles. The van der Waals surface area contributed by atoms with Crippen LogP contribution in [0, 0.1) is 5.82 Å². The molecular formula is C23H15FN2O3. The van der Waals surface area contributed by atoms with Crippen molar-refractivity contribution in [3.8, 4) is 28.6 Å². The van der Waals surface area contributed by atoms with Crippen LogP contribution in [-0.4, -0.2) is 16.2 Å². The number of nitrogens with zero attached hydrogens (tertiary/aromatic N) is 2. The first kappa shape index (κ1) is 18.3. The number of benzene rings is 3. The van der Waals surface area contributed by atoms with E-state index in [2.05, 4.69) is 10.2 Å². The summed E-state index contributed by atoms with van der Waals surface area (Å²) in [5.74, 6) is 0.277. The van der Waals surface area contributed by atoms with Crippen molar-refractivity contribution in [3.05, 3.63) is 102 Å². The second kappa shape index (κ2) is 8.31. The minimum Gasteiger partial charge on any atom is -0.457 e. The molecule has 0 aliphatic carbocycles. The molecule has 0 aliphatic heterocycles. The van der Waals surface area contributed by atoms with E-state index in [1.54, 1.807) is 6.07 Å². The lowest BCUT2D eigenvalue weighted by Gasteiger charge is -2.07. The minimum absolute atomic E-state index is 0.0343. The van der Waals surface area contributed by atoms with Crippen LogP contribution in [0.1, 0.15) is 10.4 Å². The number of halogens is 1. The number of ether oxygens (including phenoxy) is 2. The van der Waals surface area contributed by atoms with Crippen LogP contribution in [0.2, 0.25) is 0 Å². The second-order valence-electron chi connectivity index (χ2n) is 6.10. The Hall–Kier alpha value is -4.06. The summed E-state index contributed by atoms with van der Waals surface area (Å²) in [5, 5.41) is 8.00. The van der Waals surface area contributed by atoms with Gasteiger partial charge < -0.3 is 9.47 Å².